The fraction of sp³-hybridized carbons (Fsp3) is 0.409. The van der Waals surface area contributed by atoms with Gasteiger partial charge in [-0.25, -0.2) is 0 Å². The van der Waals surface area contributed by atoms with Gasteiger partial charge in [-0.15, -0.1) is 0 Å². The Morgan fingerprint density at radius 3 is 2.52 bits per heavy atom. The lowest BCUT2D eigenvalue weighted by Crippen LogP contribution is -2.27. The third kappa shape index (κ3) is 4.80. The summed E-state index contributed by atoms with van der Waals surface area (Å²) in [7, 11) is 1.67. The van der Waals surface area contributed by atoms with Crippen molar-refractivity contribution in [2.75, 3.05) is 33.4 Å². The lowest BCUT2D eigenvalue weighted by atomic mass is 9.95. The van der Waals surface area contributed by atoms with E-state index < -0.39 is 0 Å². The summed E-state index contributed by atoms with van der Waals surface area (Å²) < 4.78 is 11.5. The number of methoxy groups -OCH3 is 1. The van der Waals surface area contributed by atoms with Gasteiger partial charge in [0.2, 0.25) is 0 Å². The summed E-state index contributed by atoms with van der Waals surface area (Å²) in [5.74, 6) is 1.68. The summed E-state index contributed by atoms with van der Waals surface area (Å²) in [5, 5.41) is 4.46. The topological polar surface area (TPSA) is 43.3 Å². The number of ether oxygens (including phenoxy) is 2. The van der Waals surface area contributed by atoms with Crippen LogP contribution in [0.5, 0.6) is 11.5 Å². The number of hydrogen-bond acceptors (Lipinski definition) is 5. The Balaban J connectivity index is 1.74. The molecule has 0 spiro atoms. The molecule has 0 aromatic heterocycles. The zero-order chi connectivity index (χ0) is 19.1. The largest absolute Gasteiger partial charge is 0.497 e. The minimum absolute atomic E-state index is 0.0871. The van der Waals surface area contributed by atoms with Crippen LogP contribution in [0.3, 0.4) is 0 Å². The molecule has 1 heterocycles. The zero-order valence-electron chi connectivity index (χ0n) is 16.4. The quantitative estimate of drug-likeness (QED) is 0.515. The molecule has 27 heavy (non-hydrogen) atoms. The minimum atomic E-state index is -0.0871. The van der Waals surface area contributed by atoms with Crippen LogP contribution in [-0.2, 0) is 4.84 Å². The summed E-state index contributed by atoms with van der Waals surface area (Å²) in [4.78, 5) is 7.97. The average molecular weight is 368 g/mol. The number of hydrogen-bond donors (Lipinski definition) is 0. The van der Waals surface area contributed by atoms with E-state index in [1.54, 1.807) is 7.11 Å². The van der Waals surface area contributed by atoms with Crippen LogP contribution in [0.1, 0.15) is 37.5 Å². The van der Waals surface area contributed by atoms with Crippen molar-refractivity contribution >= 4 is 5.71 Å². The first-order chi connectivity index (χ1) is 13.2. The van der Waals surface area contributed by atoms with E-state index in [4.69, 9.17) is 14.3 Å². The van der Waals surface area contributed by atoms with Gasteiger partial charge < -0.3 is 19.2 Å². The number of para-hydroxylation sites is 1. The predicted octanol–water partition coefficient (Wildman–Crippen LogP) is 4.28. The molecule has 0 N–H and O–H groups in total. The van der Waals surface area contributed by atoms with Crippen molar-refractivity contribution in [3.8, 4) is 11.5 Å². The average Bonchev–Trinajstić information content (AvgIpc) is 2.73. The van der Waals surface area contributed by atoms with Gasteiger partial charge in [0.15, 0.2) is 0 Å². The van der Waals surface area contributed by atoms with Gasteiger partial charge in [0.05, 0.1) is 12.8 Å². The molecule has 1 aliphatic rings. The van der Waals surface area contributed by atoms with E-state index in [1.165, 1.54) is 0 Å². The van der Waals surface area contributed by atoms with Crippen molar-refractivity contribution in [3.05, 3.63) is 59.7 Å². The molecule has 5 nitrogen and oxygen atoms in total. The molecule has 0 saturated carbocycles. The van der Waals surface area contributed by atoms with E-state index in [-0.39, 0.29) is 6.10 Å². The molecule has 0 radical (unpaired) electrons. The fourth-order valence-electron chi connectivity index (χ4n) is 3.21. The van der Waals surface area contributed by atoms with Crippen LogP contribution in [-0.4, -0.2) is 44.0 Å². The van der Waals surface area contributed by atoms with Gasteiger partial charge in [0.1, 0.15) is 24.2 Å². The molecule has 3 rings (SSSR count). The van der Waals surface area contributed by atoms with Crippen molar-refractivity contribution in [2.45, 2.75) is 26.4 Å². The summed E-state index contributed by atoms with van der Waals surface area (Å²) in [6.07, 6.45) is 0.588. The Labute approximate surface area is 161 Å². The molecule has 1 aliphatic heterocycles. The lowest BCUT2D eigenvalue weighted by Gasteiger charge is -2.27. The number of fused-ring (bicyclic) bond motifs is 1. The molecule has 1 atom stereocenters. The number of oxime groups is 1. The molecule has 0 bridgehead atoms. The first-order valence-corrected chi connectivity index (χ1v) is 9.56. The second-order valence-corrected chi connectivity index (χ2v) is 6.48. The maximum absolute atomic E-state index is 6.22. The number of benzene rings is 2. The van der Waals surface area contributed by atoms with E-state index in [0.29, 0.717) is 13.0 Å². The molecule has 0 fully saturated rings. The number of nitrogens with zero attached hydrogens (tertiary/aromatic N) is 2. The molecule has 1 unspecified atom stereocenters. The van der Waals surface area contributed by atoms with Gasteiger partial charge in [0, 0.05) is 18.5 Å². The monoisotopic (exact) mass is 368 g/mol. The van der Waals surface area contributed by atoms with Crippen molar-refractivity contribution in [3.63, 3.8) is 0 Å². The third-order valence-corrected chi connectivity index (χ3v) is 4.90. The summed E-state index contributed by atoms with van der Waals surface area (Å²) in [5.41, 5.74) is 3.03. The summed E-state index contributed by atoms with van der Waals surface area (Å²) in [6.45, 7) is 7.82. The lowest BCUT2D eigenvalue weighted by molar-refractivity contribution is 0.112. The zero-order valence-corrected chi connectivity index (χ0v) is 16.4. The van der Waals surface area contributed by atoms with E-state index >= 15 is 0 Å². The highest BCUT2D eigenvalue weighted by atomic mass is 16.6. The molecule has 2 aromatic rings. The van der Waals surface area contributed by atoms with E-state index in [2.05, 4.69) is 23.9 Å². The summed E-state index contributed by atoms with van der Waals surface area (Å²) >= 11 is 0. The highest BCUT2D eigenvalue weighted by Gasteiger charge is 2.26. The van der Waals surface area contributed by atoms with Gasteiger partial charge >= 0.3 is 0 Å². The van der Waals surface area contributed by atoms with Gasteiger partial charge in [0.25, 0.3) is 0 Å². The second-order valence-electron chi connectivity index (χ2n) is 6.48. The number of likely N-dealkylation sites (N-methyl/N-ethyl adjacent to an activating group) is 1. The smallest absolute Gasteiger partial charge is 0.129 e. The van der Waals surface area contributed by atoms with Gasteiger partial charge in [-0.05, 0) is 42.9 Å². The molecule has 144 valence electrons. The summed E-state index contributed by atoms with van der Waals surface area (Å²) in [6, 6.07) is 16.0. The molecule has 0 amide bonds. The Morgan fingerprint density at radius 1 is 1.07 bits per heavy atom. The van der Waals surface area contributed by atoms with Crippen LogP contribution in [0.15, 0.2) is 53.7 Å². The maximum Gasteiger partial charge on any atom is 0.129 e. The predicted molar refractivity (Wildman–Crippen MR) is 108 cm³/mol. The second kappa shape index (κ2) is 9.42. The Kier molecular flexibility index (Phi) is 6.71. The van der Waals surface area contributed by atoms with Crippen molar-refractivity contribution in [2.24, 2.45) is 5.16 Å². The van der Waals surface area contributed by atoms with Crippen LogP contribution in [0.25, 0.3) is 0 Å². The van der Waals surface area contributed by atoms with Crippen LogP contribution in [0.4, 0.5) is 0 Å². The SMILES string of the molecule is CCN(CC)CCO/N=C1\CC(c2ccc(OC)cc2)Oc2ccccc21. The molecule has 0 aliphatic carbocycles. The van der Waals surface area contributed by atoms with Crippen LogP contribution in [0, 0.1) is 0 Å². The first kappa shape index (κ1) is 19.2. The molecular formula is C22H28N2O3. The molecule has 2 aromatic carbocycles. The van der Waals surface area contributed by atoms with Crippen molar-refractivity contribution < 1.29 is 14.3 Å². The van der Waals surface area contributed by atoms with Crippen LogP contribution >= 0.6 is 0 Å². The van der Waals surface area contributed by atoms with Gasteiger partial charge in [-0.2, -0.15) is 0 Å². The van der Waals surface area contributed by atoms with E-state index in [0.717, 1.165) is 48.0 Å². The highest BCUT2D eigenvalue weighted by molar-refractivity contribution is 6.03. The van der Waals surface area contributed by atoms with Gasteiger partial charge in [-0.3, -0.25) is 0 Å². The van der Waals surface area contributed by atoms with Crippen LogP contribution in [0.2, 0.25) is 0 Å². The third-order valence-electron chi connectivity index (χ3n) is 4.90. The standard InChI is InChI=1S/C22H28N2O3/c1-4-24(5-2)14-15-26-23-20-16-22(17-10-12-18(25-3)13-11-17)27-21-9-7-6-8-19(20)21/h6-13,22H,4-5,14-16H2,1-3H3/b23-20+. The Bertz CT molecular complexity index is 754. The molecule has 0 saturated heterocycles. The van der Waals surface area contributed by atoms with Gasteiger partial charge in [-0.1, -0.05) is 43.3 Å². The fourth-order valence-corrected chi connectivity index (χ4v) is 3.21. The van der Waals surface area contributed by atoms with E-state index in [1.807, 2.05) is 48.5 Å². The molecular weight excluding hydrogens is 340 g/mol. The Morgan fingerprint density at radius 2 is 1.81 bits per heavy atom. The first-order valence-electron chi connectivity index (χ1n) is 9.56. The van der Waals surface area contributed by atoms with Crippen molar-refractivity contribution in [1.29, 1.82) is 0 Å². The molecule has 5 heteroatoms. The van der Waals surface area contributed by atoms with Crippen molar-refractivity contribution in [1.82, 2.24) is 4.90 Å². The minimum Gasteiger partial charge on any atom is -0.497 e. The highest BCUT2D eigenvalue weighted by Crippen LogP contribution is 2.35. The Hall–Kier alpha value is -2.53. The van der Waals surface area contributed by atoms with E-state index in [9.17, 15) is 0 Å². The van der Waals surface area contributed by atoms with Crippen LogP contribution < -0.4 is 9.47 Å². The number of rotatable bonds is 8. The maximum atomic E-state index is 6.22. The normalized spacial score (nSPS) is 17.5.